The van der Waals surface area contributed by atoms with E-state index >= 15 is 0 Å². The number of hydrogen-bond donors (Lipinski definition) is 2. The molecule has 3 rings (SSSR count). The fourth-order valence-electron chi connectivity index (χ4n) is 2.95. The second-order valence-electron chi connectivity index (χ2n) is 8.28. The van der Waals surface area contributed by atoms with E-state index in [-0.39, 0.29) is 5.41 Å². The Hall–Kier alpha value is -2.44. The van der Waals surface area contributed by atoms with E-state index in [1.54, 1.807) is 13.0 Å². The number of hydrogen-bond acceptors (Lipinski definition) is 5. The molecule has 7 heteroatoms. The van der Waals surface area contributed by atoms with Gasteiger partial charge in [-0.2, -0.15) is 0 Å². The molecule has 1 aliphatic carbocycles. The molecule has 1 unspecified atom stereocenters. The molecule has 1 atom stereocenters. The molecule has 26 heavy (non-hydrogen) atoms. The summed E-state index contributed by atoms with van der Waals surface area (Å²) in [7, 11) is 0. The Kier molecular flexibility index (Phi) is 4.73. The number of carboxylic acids is 1. The fourth-order valence-corrected chi connectivity index (χ4v) is 2.95. The van der Waals surface area contributed by atoms with Gasteiger partial charge >= 0.3 is 5.97 Å². The van der Waals surface area contributed by atoms with Crippen molar-refractivity contribution in [1.29, 1.82) is 0 Å². The molecule has 0 aromatic carbocycles. The van der Waals surface area contributed by atoms with Crippen LogP contribution < -0.4 is 5.32 Å². The van der Waals surface area contributed by atoms with Gasteiger partial charge in [0.1, 0.15) is 6.04 Å². The van der Waals surface area contributed by atoms with Crippen LogP contribution in [0.1, 0.15) is 74.1 Å². The lowest BCUT2D eigenvalue weighted by Crippen LogP contribution is -2.41. The smallest absolute Gasteiger partial charge is 0.326 e. The van der Waals surface area contributed by atoms with Gasteiger partial charge in [0.25, 0.3) is 11.6 Å². The maximum atomic E-state index is 12.9. The number of amides is 1. The number of rotatable bonds is 6. The highest BCUT2D eigenvalue weighted by Crippen LogP contribution is 2.40. The normalized spacial score (nSPS) is 15.8. The van der Waals surface area contributed by atoms with Crippen LogP contribution in [0.2, 0.25) is 0 Å². The molecular formula is C19H25N3O4. The van der Waals surface area contributed by atoms with Crippen molar-refractivity contribution in [2.45, 2.75) is 65.3 Å². The molecule has 0 bridgehead atoms. The summed E-state index contributed by atoms with van der Waals surface area (Å²) in [5.41, 5.74) is 2.09. The molecule has 1 fully saturated rings. The third-order valence-corrected chi connectivity index (χ3v) is 4.66. The first-order valence-corrected chi connectivity index (χ1v) is 8.96. The van der Waals surface area contributed by atoms with Crippen LogP contribution >= 0.6 is 0 Å². The third kappa shape index (κ3) is 4.03. The average Bonchev–Trinajstić information content (AvgIpc) is 3.33. The minimum atomic E-state index is -1.03. The summed E-state index contributed by atoms with van der Waals surface area (Å²) in [5.74, 6) is -1.11. The van der Waals surface area contributed by atoms with E-state index in [2.05, 4.69) is 15.5 Å². The maximum absolute atomic E-state index is 12.9. The van der Waals surface area contributed by atoms with E-state index in [0.29, 0.717) is 41.1 Å². The Morgan fingerprint density at radius 1 is 1.38 bits per heavy atom. The van der Waals surface area contributed by atoms with Crippen molar-refractivity contribution >= 4 is 23.0 Å². The molecular weight excluding hydrogens is 334 g/mol. The topological polar surface area (TPSA) is 105 Å². The van der Waals surface area contributed by atoms with Gasteiger partial charge in [0.2, 0.25) is 0 Å². The van der Waals surface area contributed by atoms with Crippen LogP contribution in [0.3, 0.4) is 0 Å². The van der Waals surface area contributed by atoms with E-state index < -0.39 is 17.9 Å². The Labute approximate surface area is 152 Å². The summed E-state index contributed by atoms with van der Waals surface area (Å²) in [6, 6.07) is 0.817. The van der Waals surface area contributed by atoms with E-state index in [9.17, 15) is 14.7 Å². The van der Waals surface area contributed by atoms with Crippen LogP contribution in [0.5, 0.6) is 0 Å². The molecule has 2 N–H and O–H groups in total. The monoisotopic (exact) mass is 359 g/mol. The number of nitrogens with one attached hydrogen (secondary N) is 1. The highest BCUT2D eigenvalue weighted by Gasteiger charge is 2.30. The number of aliphatic carboxylic acids is 1. The summed E-state index contributed by atoms with van der Waals surface area (Å²) in [6.07, 6.45) is 3.14. The van der Waals surface area contributed by atoms with Gasteiger partial charge in [-0.05, 0) is 44.1 Å². The van der Waals surface area contributed by atoms with E-state index in [1.165, 1.54) is 0 Å². The van der Waals surface area contributed by atoms with Crippen molar-refractivity contribution in [3.8, 4) is 0 Å². The summed E-state index contributed by atoms with van der Waals surface area (Å²) in [6.45, 7) is 7.88. The number of carbonyl (C=O) groups is 2. The van der Waals surface area contributed by atoms with Crippen LogP contribution in [0, 0.1) is 12.3 Å². The molecule has 1 saturated carbocycles. The second kappa shape index (κ2) is 6.70. The zero-order valence-corrected chi connectivity index (χ0v) is 15.6. The quantitative estimate of drug-likeness (QED) is 0.819. The minimum absolute atomic E-state index is 0.00737. The third-order valence-electron chi connectivity index (χ3n) is 4.66. The van der Waals surface area contributed by atoms with Gasteiger partial charge in [-0.25, -0.2) is 9.78 Å². The van der Waals surface area contributed by atoms with E-state index in [4.69, 9.17) is 4.52 Å². The molecule has 0 radical (unpaired) electrons. The van der Waals surface area contributed by atoms with Crippen LogP contribution in [-0.2, 0) is 4.79 Å². The lowest BCUT2D eigenvalue weighted by atomic mass is 9.88. The first kappa shape index (κ1) is 18.4. The lowest BCUT2D eigenvalue weighted by Gasteiger charge is -2.21. The Morgan fingerprint density at radius 2 is 2.08 bits per heavy atom. The van der Waals surface area contributed by atoms with Crippen molar-refractivity contribution < 1.29 is 19.2 Å². The molecule has 2 heterocycles. The first-order chi connectivity index (χ1) is 12.2. The van der Waals surface area contributed by atoms with Crippen LogP contribution in [0.4, 0.5) is 0 Å². The summed E-state index contributed by atoms with van der Waals surface area (Å²) < 4.78 is 5.25. The SMILES string of the molecule is Cc1noc2nc(C3CC3)cc(C(=O)NC(CCC(C)(C)C)C(=O)O)c12. The summed E-state index contributed by atoms with van der Waals surface area (Å²) >= 11 is 0. The largest absolute Gasteiger partial charge is 0.480 e. The van der Waals surface area contributed by atoms with Crippen molar-refractivity contribution in [3.05, 3.63) is 23.0 Å². The average molecular weight is 359 g/mol. The van der Waals surface area contributed by atoms with Crippen molar-refractivity contribution in [3.63, 3.8) is 0 Å². The predicted molar refractivity (Wildman–Crippen MR) is 96.1 cm³/mol. The van der Waals surface area contributed by atoms with Gasteiger partial charge in [-0.15, -0.1) is 0 Å². The molecule has 1 amide bonds. The number of aromatic nitrogens is 2. The van der Waals surface area contributed by atoms with E-state index in [0.717, 1.165) is 18.5 Å². The molecule has 7 nitrogen and oxygen atoms in total. The van der Waals surface area contributed by atoms with Gasteiger partial charge in [0.05, 0.1) is 16.6 Å². The maximum Gasteiger partial charge on any atom is 0.326 e. The minimum Gasteiger partial charge on any atom is -0.480 e. The van der Waals surface area contributed by atoms with Gasteiger partial charge < -0.3 is 14.9 Å². The second-order valence-corrected chi connectivity index (χ2v) is 8.28. The molecule has 0 saturated heterocycles. The number of carboxylic acid groups (broad SMARTS) is 1. The summed E-state index contributed by atoms with van der Waals surface area (Å²) in [5, 5.41) is 16.6. The Balaban J connectivity index is 1.88. The predicted octanol–water partition coefficient (Wildman–Crippen LogP) is 3.42. The number of carbonyl (C=O) groups excluding carboxylic acids is 1. The number of nitrogens with zero attached hydrogens (tertiary/aromatic N) is 2. The van der Waals surface area contributed by atoms with Crippen molar-refractivity contribution in [2.75, 3.05) is 0 Å². The highest BCUT2D eigenvalue weighted by atomic mass is 16.5. The lowest BCUT2D eigenvalue weighted by molar-refractivity contribution is -0.139. The number of pyridine rings is 1. The van der Waals surface area contributed by atoms with Gasteiger partial charge in [-0.3, -0.25) is 4.79 Å². The molecule has 0 spiro atoms. The number of aryl methyl sites for hydroxylation is 1. The van der Waals surface area contributed by atoms with Gasteiger partial charge in [-0.1, -0.05) is 25.9 Å². The van der Waals surface area contributed by atoms with Gasteiger partial charge in [0, 0.05) is 11.6 Å². The fraction of sp³-hybridized carbons (Fsp3) is 0.579. The highest BCUT2D eigenvalue weighted by molar-refractivity contribution is 6.07. The molecule has 0 aliphatic heterocycles. The summed E-state index contributed by atoms with van der Waals surface area (Å²) in [4.78, 5) is 28.9. The molecule has 2 aromatic rings. The standard InChI is InChI=1S/C19H25N3O4/c1-10-15-12(9-14(11-5-6-11)21-17(15)26-22-10)16(23)20-13(18(24)25)7-8-19(2,3)4/h9,11,13H,5-8H2,1-4H3,(H,20,23)(H,24,25). The first-order valence-electron chi connectivity index (χ1n) is 8.96. The zero-order valence-electron chi connectivity index (χ0n) is 15.6. The molecule has 1 aliphatic rings. The van der Waals surface area contributed by atoms with Crippen LogP contribution in [0.25, 0.3) is 11.1 Å². The van der Waals surface area contributed by atoms with Crippen molar-refractivity contribution in [1.82, 2.24) is 15.5 Å². The zero-order chi connectivity index (χ0) is 19.1. The Bertz CT molecular complexity index is 846. The molecule has 140 valence electrons. The van der Waals surface area contributed by atoms with Crippen LogP contribution in [-0.4, -0.2) is 33.2 Å². The van der Waals surface area contributed by atoms with E-state index in [1.807, 2.05) is 20.8 Å². The number of fused-ring (bicyclic) bond motifs is 1. The Morgan fingerprint density at radius 3 is 2.65 bits per heavy atom. The van der Waals surface area contributed by atoms with Gasteiger partial charge in [0.15, 0.2) is 0 Å². The van der Waals surface area contributed by atoms with Crippen LogP contribution in [0.15, 0.2) is 10.6 Å². The molecule has 2 aromatic heterocycles. The van der Waals surface area contributed by atoms with Crippen molar-refractivity contribution in [2.24, 2.45) is 5.41 Å².